The maximum absolute atomic E-state index is 11.8. The van der Waals surface area contributed by atoms with Gasteiger partial charge < -0.3 is 15.5 Å². The highest BCUT2D eigenvalue weighted by Crippen LogP contribution is 2.17. The molecule has 2 atom stereocenters. The highest BCUT2D eigenvalue weighted by molar-refractivity contribution is 5.76. The number of rotatable bonds is 38. The quantitative estimate of drug-likeness (QED) is 0.0460. The molecule has 0 aromatic heterocycles. The number of carbonyl (C=O) groups excluding carboxylic acids is 1. The molecule has 2 unspecified atom stereocenters. The Bertz CT molecular complexity index is 622. The topological polar surface area (TPSA) is 69.6 Å². The molecule has 0 aromatic carbocycles. The minimum atomic E-state index is -0.830. The minimum absolute atomic E-state index is 0.0978. The van der Waals surface area contributed by atoms with Crippen LogP contribution in [-0.2, 0) is 4.79 Å². The fourth-order valence-electron chi connectivity index (χ4n) is 6.51. The minimum Gasteiger partial charge on any atom is -0.394 e. The smallest absolute Gasteiger partial charge is 0.220 e. The number of hydrogen-bond acceptors (Lipinski definition) is 3. The van der Waals surface area contributed by atoms with Crippen LogP contribution in [0.1, 0.15) is 232 Å². The van der Waals surface area contributed by atoms with Gasteiger partial charge in [0.05, 0.1) is 18.8 Å². The Morgan fingerprint density at radius 3 is 1.11 bits per heavy atom. The lowest BCUT2D eigenvalue weighted by Crippen LogP contribution is -2.45. The van der Waals surface area contributed by atoms with Gasteiger partial charge in [-0.15, -0.1) is 0 Å². The Balaban J connectivity index is 3.27. The predicted molar refractivity (Wildman–Crippen MR) is 202 cm³/mol. The number of hydrogen-bond donors (Lipinski definition) is 3. The summed E-state index contributed by atoms with van der Waals surface area (Å²) in [5.74, 6) is -0.0978. The van der Waals surface area contributed by atoms with Gasteiger partial charge in [0.1, 0.15) is 0 Å². The molecule has 1 amide bonds. The number of nitrogens with one attached hydrogen (secondary N) is 1. The molecule has 0 saturated heterocycles. The van der Waals surface area contributed by atoms with Crippen molar-refractivity contribution in [2.45, 2.75) is 244 Å². The van der Waals surface area contributed by atoms with Crippen molar-refractivity contribution in [2.75, 3.05) is 6.61 Å². The van der Waals surface area contributed by atoms with Crippen LogP contribution < -0.4 is 5.32 Å². The van der Waals surface area contributed by atoms with Crippen molar-refractivity contribution in [3.05, 3.63) is 12.2 Å². The lowest BCUT2D eigenvalue weighted by Gasteiger charge is -2.19. The van der Waals surface area contributed by atoms with Crippen LogP contribution in [0.3, 0.4) is 0 Å². The second kappa shape index (κ2) is 38.6. The fourth-order valence-corrected chi connectivity index (χ4v) is 6.51. The number of unbranched alkanes of at least 4 members (excludes halogenated alkanes) is 31. The van der Waals surface area contributed by atoms with Crippen LogP contribution in [0.25, 0.3) is 0 Å². The lowest BCUT2D eigenvalue weighted by molar-refractivity contribution is -0.123. The van der Waals surface area contributed by atoms with E-state index in [1.165, 1.54) is 186 Å². The van der Waals surface area contributed by atoms with E-state index >= 15 is 0 Å². The van der Waals surface area contributed by atoms with Crippen LogP contribution in [0, 0.1) is 0 Å². The molecular formula is C42H83NO3. The molecule has 0 fully saturated rings. The van der Waals surface area contributed by atoms with E-state index in [2.05, 4.69) is 12.2 Å². The Kier molecular flexibility index (Phi) is 37.8. The highest BCUT2D eigenvalue weighted by Gasteiger charge is 2.17. The van der Waals surface area contributed by atoms with E-state index < -0.39 is 12.1 Å². The molecule has 274 valence electrons. The molecule has 0 aromatic rings. The lowest BCUT2D eigenvalue weighted by atomic mass is 10.0. The van der Waals surface area contributed by atoms with Gasteiger partial charge in [-0.3, -0.25) is 4.79 Å². The van der Waals surface area contributed by atoms with Crippen molar-refractivity contribution in [1.82, 2.24) is 5.32 Å². The zero-order chi connectivity index (χ0) is 33.6. The molecule has 4 nitrogen and oxygen atoms in total. The molecule has 46 heavy (non-hydrogen) atoms. The maximum atomic E-state index is 11.8. The standard InChI is InChI=1S/C42H83NO3/c1-3-5-7-8-9-10-11-12-13-14-15-16-17-18-19-20-21-22-23-24-25-26-27-28-29-30-31-32-33-34-35-36-37-41(45)40(39-44)43-42(46)38-6-4-2/h36-37,40-41,44-45H,3-35,38-39H2,1-2H3,(H,43,46)/b37-36+. The number of allylic oxidation sites excluding steroid dienone is 1. The monoisotopic (exact) mass is 650 g/mol. The molecule has 0 rings (SSSR count). The van der Waals surface area contributed by atoms with E-state index in [1.54, 1.807) is 6.08 Å². The van der Waals surface area contributed by atoms with E-state index in [4.69, 9.17) is 0 Å². The van der Waals surface area contributed by atoms with Crippen molar-refractivity contribution in [2.24, 2.45) is 0 Å². The van der Waals surface area contributed by atoms with Crippen molar-refractivity contribution >= 4 is 5.91 Å². The average Bonchev–Trinajstić information content (AvgIpc) is 3.06. The van der Waals surface area contributed by atoms with Gasteiger partial charge in [-0.1, -0.05) is 219 Å². The van der Waals surface area contributed by atoms with Gasteiger partial charge in [-0.25, -0.2) is 0 Å². The summed E-state index contributed by atoms with van der Waals surface area (Å²) in [6, 6.07) is -0.612. The summed E-state index contributed by atoms with van der Waals surface area (Å²) in [4.78, 5) is 11.8. The Hall–Kier alpha value is -0.870. The predicted octanol–water partition coefficient (Wildman–Crippen LogP) is 12.7. The second-order valence-corrected chi connectivity index (χ2v) is 14.4. The number of aliphatic hydroxyl groups excluding tert-OH is 2. The Labute approximate surface area is 288 Å². The molecule has 0 heterocycles. The molecule has 3 N–H and O–H groups in total. The first-order valence-electron chi connectivity index (χ1n) is 20.9. The van der Waals surface area contributed by atoms with E-state index in [0.717, 1.165) is 25.7 Å². The van der Waals surface area contributed by atoms with E-state index in [1.807, 2.05) is 13.0 Å². The summed E-state index contributed by atoms with van der Waals surface area (Å²) in [5.41, 5.74) is 0. The van der Waals surface area contributed by atoms with Crippen LogP contribution in [0.2, 0.25) is 0 Å². The third-order valence-electron chi connectivity index (χ3n) is 9.77. The SMILES string of the molecule is CCCCCCCCCCCCCCCCCCCCCCCCCCCCCCCC/C=C/C(O)C(CO)NC(=O)CCCC. The van der Waals surface area contributed by atoms with Gasteiger partial charge in [0.15, 0.2) is 0 Å². The molecule has 0 aliphatic heterocycles. The summed E-state index contributed by atoms with van der Waals surface area (Å²) in [6.07, 6.45) is 48.7. The van der Waals surface area contributed by atoms with E-state index in [-0.39, 0.29) is 12.5 Å². The molecule has 0 aliphatic rings. The third-order valence-corrected chi connectivity index (χ3v) is 9.77. The molecule has 4 heteroatoms. The van der Waals surface area contributed by atoms with Crippen molar-refractivity contribution in [3.8, 4) is 0 Å². The highest BCUT2D eigenvalue weighted by atomic mass is 16.3. The summed E-state index contributed by atoms with van der Waals surface area (Å²) >= 11 is 0. The second-order valence-electron chi connectivity index (χ2n) is 14.4. The van der Waals surface area contributed by atoms with Gasteiger partial charge in [0.25, 0.3) is 0 Å². The molecule has 0 spiro atoms. The first kappa shape index (κ1) is 45.1. The number of aliphatic hydroxyl groups is 2. The van der Waals surface area contributed by atoms with Gasteiger partial charge in [0.2, 0.25) is 5.91 Å². The van der Waals surface area contributed by atoms with Gasteiger partial charge in [0, 0.05) is 6.42 Å². The van der Waals surface area contributed by atoms with Crippen LogP contribution >= 0.6 is 0 Å². The first-order valence-corrected chi connectivity index (χ1v) is 20.9. The van der Waals surface area contributed by atoms with Crippen molar-refractivity contribution < 1.29 is 15.0 Å². The average molecular weight is 650 g/mol. The normalized spacial score (nSPS) is 13.0. The largest absolute Gasteiger partial charge is 0.394 e. The van der Waals surface area contributed by atoms with Crippen LogP contribution in [0.15, 0.2) is 12.2 Å². The zero-order valence-corrected chi connectivity index (χ0v) is 31.4. The third kappa shape index (κ3) is 34.5. The summed E-state index contributed by atoms with van der Waals surface area (Å²) < 4.78 is 0. The fraction of sp³-hybridized carbons (Fsp3) is 0.929. The molecule has 0 radical (unpaired) electrons. The molecule has 0 saturated carbocycles. The van der Waals surface area contributed by atoms with E-state index in [0.29, 0.717) is 6.42 Å². The molecule has 0 bridgehead atoms. The Morgan fingerprint density at radius 1 is 0.500 bits per heavy atom. The summed E-state index contributed by atoms with van der Waals surface area (Å²) in [6.45, 7) is 4.09. The van der Waals surface area contributed by atoms with Crippen LogP contribution in [0.5, 0.6) is 0 Å². The molecule has 0 aliphatic carbocycles. The van der Waals surface area contributed by atoms with E-state index in [9.17, 15) is 15.0 Å². The van der Waals surface area contributed by atoms with Crippen molar-refractivity contribution in [3.63, 3.8) is 0 Å². The first-order chi connectivity index (χ1) is 22.7. The summed E-state index contributed by atoms with van der Waals surface area (Å²) in [7, 11) is 0. The molecular weight excluding hydrogens is 566 g/mol. The van der Waals surface area contributed by atoms with Gasteiger partial charge in [-0.2, -0.15) is 0 Å². The number of amides is 1. The van der Waals surface area contributed by atoms with Crippen molar-refractivity contribution in [1.29, 1.82) is 0 Å². The summed E-state index contributed by atoms with van der Waals surface area (Å²) in [5, 5.41) is 22.5. The van der Waals surface area contributed by atoms with Gasteiger partial charge in [-0.05, 0) is 19.3 Å². The zero-order valence-electron chi connectivity index (χ0n) is 31.4. The Morgan fingerprint density at radius 2 is 0.804 bits per heavy atom. The van der Waals surface area contributed by atoms with Crippen LogP contribution in [-0.4, -0.2) is 34.9 Å². The van der Waals surface area contributed by atoms with Crippen LogP contribution in [0.4, 0.5) is 0 Å². The maximum Gasteiger partial charge on any atom is 0.220 e. The van der Waals surface area contributed by atoms with Gasteiger partial charge >= 0.3 is 0 Å². The number of carbonyl (C=O) groups is 1.